The smallest absolute Gasteiger partial charge is 0.338 e. The largest absolute Gasteiger partial charge is 0.497 e. The number of benzene rings is 1. The number of fused-ring (bicyclic) bond motifs is 1. The SMILES string of the molecule is CCC1=C(C(=O)OC)C(c2cc(OC)ccc2OC)N2C(CC(=O)N3CCOCC3)=CSC2=N1. The highest BCUT2D eigenvalue weighted by atomic mass is 32.2. The Morgan fingerprint density at radius 3 is 2.59 bits per heavy atom. The lowest BCUT2D eigenvalue weighted by molar-refractivity contribution is -0.136. The fraction of sp³-hybridized carbons (Fsp3) is 0.458. The number of rotatable bonds is 7. The third kappa shape index (κ3) is 4.52. The van der Waals surface area contributed by atoms with E-state index in [9.17, 15) is 9.59 Å². The molecule has 0 aromatic heterocycles. The molecule has 10 heteroatoms. The van der Waals surface area contributed by atoms with Gasteiger partial charge in [0.2, 0.25) is 5.91 Å². The predicted octanol–water partition coefficient (Wildman–Crippen LogP) is 3.09. The minimum absolute atomic E-state index is 0.0117. The zero-order chi connectivity index (χ0) is 24.2. The zero-order valence-electron chi connectivity index (χ0n) is 19.8. The Morgan fingerprint density at radius 2 is 1.94 bits per heavy atom. The van der Waals surface area contributed by atoms with Crippen molar-refractivity contribution >= 4 is 28.8 Å². The van der Waals surface area contributed by atoms with Crippen LogP contribution in [-0.2, 0) is 19.1 Å². The Balaban J connectivity index is 1.79. The quantitative estimate of drug-likeness (QED) is 0.542. The molecule has 0 bridgehead atoms. The van der Waals surface area contributed by atoms with Crippen molar-refractivity contribution in [3.8, 4) is 11.5 Å². The molecule has 1 atom stereocenters. The van der Waals surface area contributed by atoms with Gasteiger partial charge in [0, 0.05) is 24.4 Å². The number of carbonyl (C=O) groups excluding carboxylic acids is 2. The van der Waals surface area contributed by atoms with Crippen LogP contribution in [0.3, 0.4) is 0 Å². The van der Waals surface area contributed by atoms with Gasteiger partial charge in [0.15, 0.2) is 5.17 Å². The molecule has 34 heavy (non-hydrogen) atoms. The number of methoxy groups -OCH3 is 3. The maximum absolute atomic E-state index is 13.1. The first-order valence-electron chi connectivity index (χ1n) is 11.1. The summed E-state index contributed by atoms with van der Waals surface area (Å²) in [5.74, 6) is 0.770. The number of amides is 1. The molecule has 1 saturated heterocycles. The number of hydrogen-bond donors (Lipinski definition) is 0. The molecule has 0 saturated carbocycles. The van der Waals surface area contributed by atoms with Gasteiger partial charge in [0.25, 0.3) is 0 Å². The van der Waals surface area contributed by atoms with Crippen molar-refractivity contribution in [1.82, 2.24) is 9.80 Å². The molecule has 1 unspecified atom stereocenters. The average Bonchev–Trinajstić information content (AvgIpc) is 3.29. The molecule has 0 spiro atoms. The molecule has 3 aliphatic rings. The van der Waals surface area contributed by atoms with Crippen molar-refractivity contribution in [2.75, 3.05) is 47.6 Å². The van der Waals surface area contributed by atoms with E-state index in [1.165, 1.54) is 18.9 Å². The molecular weight excluding hydrogens is 458 g/mol. The highest BCUT2D eigenvalue weighted by Gasteiger charge is 2.43. The Bertz CT molecular complexity index is 1060. The summed E-state index contributed by atoms with van der Waals surface area (Å²) >= 11 is 1.45. The van der Waals surface area contributed by atoms with Crippen molar-refractivity contribution < 1.29 is 28.5 Å². The average molecular weight is 488 g/mol. The van der Waals surface area contributed by atoms with Crippen LogP contribution < -0.4 is 9.47 Å². The topological polar surface area (TPSA) is 89.9 Å². The number of ether oxygens (including phenoxy) is 4. The lowest BCUT2D eigenvalue weighted by Gasteiger charge is -2.37. The van der Waals surface area contributed by atoms with Crippen molar-refractivity contribution in [2.24, 2.45) is 4.99 Å². The van der Waals surface area contributed by atoms with Crippen LogP contribution in [0.1, 0.15) is 31.4 Å². The van der Waals surface area contributed by atoms with E-state index >= 15 is 0 Å². The van der Waals surface area contributed by atoms with Gasteiger partial charge in [-0.2, -0.15) is 0 Å². The van der Waals surface area contributed by atoms with Crippen molar-refractivity contribution in [1.29, 1.82) is 0 Å². The molecule has 4 rings (SSSR count). The van der Waals surface area contributed by atoms with Gasteiger partial charge in [-0.05, 0) is 30.0 Å². The van der Waals surface area contributed by atoms with Gasteiger partial charge in [-0.1, -0.05) is 18.7 Å². The summed E-state index contributed by atoms with van der Waals surface area (Å²) in [6, 6.07) is 4.89. The Morgan fingerprint density at radius 1 is 1.18 bits per heavy atom. The molecule has 3 heterocycles. The summed E-state index contributed by atoms with van der Waals surface area (Å²) in [4.78, 5) is 34.7. The number of thioether (sulfide) groups is 1. The molecule has 9 nitrogen and oxygen atoms in total. The van der Waals surface area contributed by atoms with Crippen LogP contribution in [-0.4, -0.2) is 74.5 Å². The minimum atomic E-state index is -0.585. The van der Waals surface area contributed by atoms with Gasteiger partial charge in [0.05, 0.1) is 58.3 Å². The van der Waals surface area contributed by atoms with Crippen LogP contribution in [0.5, 0.6) is 11.5 Å². The third-order valence-electron chi connectivity index (χ3n) is 6.06. The van der Waals surface area contributed by atoms with Gasteiger partial charge in [-0.25, -0.2) is 9.79 Å². The fourth-order valence-corrected chi connectivity index (χ4v) is 5.28. The van der Waals surface area contributed by atoms with Gasteiger partial charge in [0.1, 0.15) is 11.5 Å². The molecule has 1 aromatic carbocycles. The molecule has 0 aliphatic carbocycles. The van der Waals surface area contributed by atoms with Crippen LogP contribution in [0, 0.1) is 0 Å². The van der Waals surface area contributed by atoms with E-state index in [0.29, 0.717) is 60.7 Å². The first-order chi connectivity index (χ1) is 16.5. The van der Waals surface area contributed by atoms with Crippen LogP contribution in [0.4, 0.5) is 0 Å². The van der Waals surface area contributed by atoms with Crippen molar-refractivity contribution in [3.05, 3.63) is 46.1 Å². The summed E-state index contributed by atoms with van der Waals surface area (Å²) in [5.41, 5.74) is 2.57. The van der Waals surface area contributed by atoms with E-state index in [2.05, 4.69) is 0 Å². The van der Waals surface area contributed by atoms with Crippen molar-refractivity contribution in [2.45, 2.75) is 25.8 Å². The molecule has 1 aromatic rings. The molecule has 182 valence electrons. The predicted molar refractivity (Wildman–Crippen MR) is 129 cm³/mol. The van der Waals surface area contributed by atoms with E-state index in [4.69, 9.17) is 23.9 Å². The van der Waals surface area contributed by atoms with Crippen LogP contribution in [0.2, 0.25) is 0 Å². The molecule has 0 N–H and O–H groups in total. The van der Waals surface area contributed by atoms with Crippen molar-refractivity contribution in [3.63, 3.8) is 0 Å². The standard InChI is InChI=1S/C24H29N3O6S/c1-5-18-21(23(29)32-4)22(17-13-16(30-2)6-7-19(17)31-3)27-15(14-34-24(27)25-18)12-20(28)26-8-10-33-11-9-26/h6-7,13-14,22H,5,8-12H2,1-4H3. The summed E-state index contributed by atoms with van der Waals surface area (Å²) in [7, 11) is 4.54. The minimum Gasteiger partial charge on any atom is -0.497 e. The number of amidine groups is 1. The number of esters is 1. The molecular formula is C24H29N3O6S. The van der Waals surface area contributed by atoms with Gasteiger partial charge >= 0.3 is 5.97 Å². The molecule has 3 aliphatic heterocycles. The normalized spacial score (nSPS) is 19.9. The molecule has 0 radical (unpaired) electrons. The highest BCUT2D eigenvalue weighted by Crippen LogP contribution is 2.48. The van der Waals surface area contributed by atoms with E-state index in [0.717, 1.165) is 11.3 Å². The monoisotopic (exact) mass is 487 g/mol. The second kappa shape index (κ2) is 10.5. The fourth-order valence-electron chi connectivity index (χ4n) is 4.34. The van der Waals surface area contributed by atoms with Gasteiger partial charge < -0.3 is 28.7 Å². The Kier molecular flexibility index (Phi) is 7.47. The van der Waals surface area contributed by atoms with Gasteiger partial charge in [-0.15, -0.1) is 0 Å². The van der Waals surface area contributed by atoms with Crippen LogP contribution >= 0.6 is 11.8 Å². The number of aliphatic imine (C=N–C) groups is 1. The second-order valence-corrected chi connectivity index (χ2v) is 8.71. The molecule has 1 amide bonds. The highest BCUT2D eigenvalue weighted by molar-refractivity contribution is 8.16. The first-order valence-corrected chi connectivity index (χ1v) is 12.0. The third-order valence-corrected chi connectivity index (χ3v) is 6.95. The number of nitrogens with zero attached hydrogens (tertiary/aromatic N) is 3. The van der Waals surface area contributed by atoms with E-state index in [1.807, 2.05) is 34.3 Å². The number of carbonyl (C=O) groups is 2. The summed E-state index contributed by atoms with van der Waals surface area (Å²) < 4.78 is 21.7. The lowest BCUT2D eigenvalue weighted by atomic mass is 9.92. The van der Waals surface area contributed by atoms with E-state index < -0.39 is 12.0 Å². The number of allylic oxidation sites excluding steroid dienone is 1. The lowest BCUT2D eigenvalue weighted by Crippen LogP contribution is -2.42. The van der Waals surface area contributed by atoms with E-state index in [-0.39, 0.29) is 12.3 Å². The Labute approximate surface area is 203 Å². The summed E-state index contributed by atoms with van der Waals surface area (Å²) in [6.45, 7) is 4.17. The summed E-state index contributed by atoms with van der Waals surface area (Å²) in [5, 5.41) is 2.65. The molecule has 1 fully saturated rings. The van der Waals surface area contributed by atoms with Crippen LogP contribution in [0.25, 0.3) is 0 Å². The maximum atomic E-state index is 13.1. The Hall–Kier alpha value is -2.98. The van der Waals surface area contributed by atoms with E-state index in [1.54, 1.807) is 20.3 Å². The number of hydrogen-bond acceptors (Lipinski definition) is 9. The van der Waals surface area contributed by atoms with Gasteiger partial charge in [-0.3, -0.25) is 4.79 Å². The second-order valence-electron chi connectivity index (χ2n) is 7.88. The first kappa shape index (κ1) is 24.2. The summed E-state index contributed by atoms with van der Waals surface area (Å²) in [6.07, 6.45) is 0.734. The zero-order valence-corrected chi connectivity index (χ0v) is 20.6. The van der Waals surface area contributed by atoms with Crippen LogP contribution in [0.15, 0.2) is 45.6 Å². The maximum Gasteiger partial charge on any atom is 0.338 e. The number of morpholine rings is 1.